The van der Waals surface area contributed by atoms with Gasteiger partial charge in [-0.3, -0.25) is 0 Å². The number of aromatic hydroxyl groups is 1. The average Bonchev–Trinajstić information content (AvgIpc) is 2.80. The smallest absolute Gasteiger partial charge is 0.116 e. The largest absolute Gasteiger partial charge is 0.508 e. The standard InChI is InChI=1S/C27H17Cl2NO/c28-23-13-19-11-12-25(30-26(19)16-24(23)29)27-21(17-7-3-1-4-8-17)14-20(31)15-22(27)18-9-5-2-6-10-18/h1-16,31H. The van der Waals surface area contributed by atoms with E-state index >= 15 is 0 Å². The second-order valence-corrected chi connectivity index (χ2v) is 8.12. The Morgan fingerprint density at radius 1 is 0.613 bits per heavy atom. The minimum atomic E-state index is 0.206. The first-order chi connectivity index (χ1) is 15.1. The maximum Gasteiger partial charge on any atom is 0.116 e. The molecule has 0 radical (unpaired) electrons. The lowest BCUT2D eigenvalue weighted by Crippen LogP contribution is -1.94. The third-order valence-electron chi connectivity index (χ3n) is 5.28. The molecule has 0 aliphatic heterocycles. The van der Waals surface area contributed by atoms with Crippen molar-refractivity contribution in [1.29, 1.82) is 0 Å². The van der Waals surface area contributed by atoms with Gasteiger partial charge in [0.05, 0.1) is 21.3 Å². The molecule has 4 heteroatoms. The monoisotopic (exact) mass is 441 g/mol. The zero-order valence-corrected chi connectivity index (χ0v) is 17.9. The maximum atomic E-state index is 10.6. The molecular weight excluding hydrogens is 425 g/mol. The van der Waals surface area contributed by atoms with Crippen molar-refractivity contribution < 1.29 is 5.11 Å². The molecule has 0 saturated heterocycles. The van der Waals surface area contributed by atoms with Crippen LogP contribution in [0.5, 0.6) is 5.75 Å². The van der Waals surface area contributed by atoms with Gasteiger partial charge in [-0.1, -0.05) is 89.9 Å². The number of fused-ring (bicyclic) bond motifs is 1. The summed E-state index contributed by atoms with van der Waals surface area (Å²) in [4.78, 5) is 4.92. The second kappa shape index (κ2) is 8.07. The fourth-order valence-corrected chi connectivity index (χ4v) is 4.18. The first kappa shape index (κ1) is 19.6. The summed E-state index contributed by atoms with van der Waals surface area (Å²) in [6, 6.07) is 31.2. The van der Waals surface area contributed by atoms with E-state index in [1.165, 1.54) is 0 Å². The topological polar surface area (TPSA) is 33.1 Å². The Hall–Kier alpha value is -3.33. The zero-order valence-electron chi connectivity index (χ0n) is 16.4. The van der Waals surface area contributed by atoms with Crippen LogP contribution in [0.15, 0.2) is 97.1 Å². The van der Waals surface area contributed by atoms with Gasteiger partial charge in [-0.25, -0.2) is 4.98 Å². The Bertz CT molecular complexity index is 1340. The van der Waals surface area contributed by atoms with E-state index in [0.29, 0.717) is 10.0 Å². The van der Waals surface area contributed by atoms with Gasteiger partial charge in [-0.05, 0) is 52.6 Å². The van der Waals surface area contributed by atoms with Crippen LogP contribution in [-0.2, 0) is 0 Å². The van der Waals surface area contributed by atoms with Crippen LogP contribution in [-0.4, -0.2) is 10.1 Å². The summed E-state index contributed by atoms with van der Waals surface area (Å²) in [5, 5.41) is 12.5. The third-order valence-corrected chi connectivity index (χ3v) is 6.00. The molecule has 1 N–H and O–H groups in total. The number of hydrogen-bond donors (Lipinski definition) is 1. The van der Waals surface area contributed by atoms with Crippen LogP contribution in [0.25, 0.3) is 44.4 Å². The summed E-state index contributed by atoms with van der Waals surface area (Å²) in [6.07, 6.45) is 0. The van der Waals surface area contributed by atoms with Crippen LogP contribution in [0.4, 0.5) is 0 Å². The highest BCUT2D eigenvalue weighted by molar-refractivity contribution is 6.42. The molecule has 0 atom stereocenters. The number of aromatic nitrogens is 1. The highest BCUT2D eigenvalue weighted by Crippen LogP contribution is 2.42. The van der Waals surface area contributed by atoms with Crippen LogP contribution in [0, 0.1) is 0 Å². The van der Waals surface area contributed by atoms with Gasteiger partial charge in [0, 0.05) is 10.9 Å². The lowest BCUT2D eigenvalue weighted by atomic mass is 9.89. The van der Waals surface area contributed by atoms with Crippen molar-refractivity contribution in [1.82, 2.24) is 4.98 Å². The molecule has 0 fully saturated rings. The molecule has 0 spiro atoms. The molecule has 0 aliphatic rings. The van der Waals surface area contributed by atoms with Crippen molar-refractivity contribution in [2.45, 2.75) is 0 Å². The Morgan fingerprint density at radius 3 is 1.74 bits per heavy atom. The predicted octanol–water partition coefficient (Wildman–Crippen LogP) is 8.25. The molecule has 1 aromatic heterocycles. The van der Waals surface area contributed by atoms with Crippen LogP contribution >= 0.6 is 23.2 Å². The molecule has 0 aliphatic carbocycles. The van der Waals surface area contributed by atoms with Crippen molar-refractivity contribution in [2.75, 3.05) is 0 Å². The van der Waals surface area contributed by atoms with Crippen molar-refractivity contribution in [2.24, 2.45) is 0 Å². The van der Waals surface area contributed by atoms with E-state index in [4.69, 9.17) is 28.2 Å². The molecule has 31 heavy (non-hydrogen) atoms. The number of hydrogen-bond acceptors (Lipinski definition) is 2. The Labute approximate surface area is 190 Å². The van der Waals surface area contributed by atoms with E-state index in [0.717, 1.165) is 44.4 Å². The molecule has 1 heterocycles. The van der Waals surface area contributed by atoms with Crippen LogP contribution in [0.3, 0.4) is 0 Å². The zero-order chi connectivity index (χ0) is 21.4. The summed E-state index contributed by atoms with van der Waals surface area (Å²) >= 11 is 12.4. The summed E-state index contributed by atoms with van der Waals surface area (Å²) in [6.45, 7) is 0. The maximum absolute atomic E-state index is 10.6. The van der Waals surface area contributed by atoms with E-state index in [-0.39, 0.29) is 5.75 Å². The number of phenolic OH excluding ortho intramolecular Hbond substituents is 1. The number of rotatable bonds is 3. The summed E-state index contributed by atoms with van der Waals surface area (Å²) < 4.78 is 0. The highest BCUT2D eigenvalue weighted by Gasteiger charge is 2.17. The minimum absolute atomic E-state index is 0.206. The van der Waals surface area contributed by atoms with E-state index in [1.807, 2.05) is 78.9 Å². The van der Waals surface area contributed by atoms with Gasteiger partial charge >= 0.3 is 0 Å². The van der Waals surface area contributed by atoms with Crippen LogP contribution in [0.1, 0.15) is 0 Å². The van der Waals surface area contributed by atoms with Gasteiger partial charge in [0.25, 0.3) is 0 Å². The van der Waals surface area contributed by atoms with Gasteiger partial charge in [-0.2, -0.15) is 0 Å². The Morgan fingerprint density at radius 2 is 1.16 bits per heavy atom. The quantitative estimate of drug-likeness (QED) is 0.305. The molecule has 0 bridgehead atoms. The number of halogens is 2. The molecular formula is C27H17Cl2NO. The summed E-state index contributed by atoms with van der Waals surface area (Å²) in [5.74, 6) is 0.206. The van der Waals surface area contributed by atoms with Gasteiger partial charge in [0.1, 0.15) is 5.75 Å². The Balaban J connectivity index is 1.84. The Kier molecular flexibility index (Phi) is 5.11. The van der Waals surface area contributed by atoms with Gasteiger partial charge < -0.3 is 5.11 Å². The first-order valence-corrected chi connectivity index (χ1v) is 10.6. The third kappa shape index (κ3) is 3.76. The molecule has 0 amide bonds. The molecule has 150 valence electrons. The van der Waals surface area contributed by atoms with Gasteiger partial charge in [0.15, 0.2) is 0 Å². The highest BCUT2D eigenvalue weighted by atomic mass is 35.5. The lowest BCUT2D eigenvalue weighted by Gasteiger charge is -2.17. The molecule has 5 rings (SSSR count). The number of benzene rings is 4. The van der Waals surface area contributed by atoms with E-state index in [1.54, 1.807) is 18.2 Å². The number of nitrogens with zero attached hydrogens (tertiary/aromatic N) is 1. The second-order valence-electron chi connectivity index (χ2n) is 7.30. The molecule has 0 unspecified atom stereocenters. The van der Waals surface area contributed by atoms with E-state index in [9.17, 15) is 5.11 Å². The van der Waals surface area contributed by atoms with Crippen LogP contribution < -0.4 is 0 Å². The fourth-order valence-electron chi connectivity index (χ4n) is 3.85. The number of pyridine rings is 1. The summed E-state index contributed by atoms with van der Waals surface area (Å²) in [5.41, 5.74) is 6.32. The molecule has 5 aromatic rings. The summed E-state index contributed by atoms with van der Waals surface area (Å²) in [7, 11) is 0. The molecule has 2 nitrogen and oxygen atoms in total. The molecule has 4 aromatic carbocycles. The molecule has 0 saturated carbocycles. The van der Waals surface area contributed by atoms with Crippen molar-refractivity contribution >= 4 is 34.1 Å². The van der Waals surface area contributed by atoms with E-state index in [2.05, 4.69) is 0 Å². The number of phenols is 1. The SMILES string of the molecule is Oc1cc(-c2ccccc2)c(-c2ccc3cc(Cl)c(Cl)cc3n2)c(-c2ccccc2)c1. The van der Waals surface area contributed by atoms with Gasteiger partial charge in [0.2, 0.25) is 0 Å². The van der Waals surface area contributed by atoms with E-state index < -0.39 is 0 Å². The lowest BCUT2D eigenvalue weighted by molar-refractivity contribution is 0.476. The van der Waals surface area contributed by atoms with Crippen molar-refractivity contribution in [3.63, 3.8) is 0 Å². The predicted molar refractivity (Wildman–Crippen MR) is 130 cm³/mol. The minimum Gasteiger partial charge on any atom is -0.508 e. The average molecular weight is 442 g/mol. The normalized spacial score (nSPS) is 11.0. The van der Waals surface area contributed by atoms with Crippen molar-refractivity contribution in [3.8, 4) is 39.3 Å². The van der Waals surface area contributed by atoms with Crippen LogP contribution in [0.2, 0.25) is 10.0 Å². The fraction of sp³-hybridized carbons (Fsp3) is 0. The van der Waals surface area contributed by atoms with Gasteiger partial charge in [-0.15, -0.1) is 0 Å². The first-order valence-electron chi connectivity index (χ1n) is 9.84. The van der Waals surface area contributed by atoms with Crippen molar-refractivity contribution in [3.05, 3.63) is 107 Å².